The van der Waals surface area contributed by atoms with Crippen LogP contribution in [0.25, 0.3) is 10.6 Å². The highest BCUT2D eigenvalue weighted by Crippen LogP contribution is 2.35. The van der Waals surface area contributed by atoms with Crippen molar-refractivity contribution in [2.45, 2.75) is 50.2 Å². The fraction of sp³-hybridized carbons (Fsp3) is 0.478. The van der Waals surface area contributed by atoms with Crippen molar-refractivity contribution in [1.82, 2.24) is 29.7 Å². The number of hydrogen-bond donors (Lipinski definition) is 1. The van der Waals surface area contributed by atoms with E-state index in [0.717, 1.165) is 9.80 Å². The number of rotatable bonds is 6. The number of carbonyl (C=O) groups excluding carboxylic acids is 3. The molecule has 0 aromatic carbocycles. The molecule has 17 heteroatoms. The number of likely N-dealkylation sites (N-methyl/N-ethyl adjacent to an activating group) is 1. The lowest BCUT2D eigenvalue weighted by Gasteiger charge is -2.41. The number of nitrogens with one attached hydrogen (secondary N) is 1. The number of halogens is 3. The minimum Gasteiger partial charge on any atom is -0.335 e. The van der Waals surface area contributed by atoms with Crippen molar-refractivity contribution in [3.8, 4) is 16.6 Å². The Balaban J connectivity index is 1.25. The summed E-state index contributed by atoms with van der Waals surface area (Å²) >= 11 is 1.18. The van der Waals surface area contributed by atoms with Crippen LogP contribution < -0.4 is 10.2 Å². The highest BCUT2D eigenvalue weighted by Gasteiger charge is 2.51. The first-order valence-corrected chi connectivity index (χ1v) is 13.1. The molecule has 40 heavy (non-hydrogen) atoms. The normalized spacial score (nSPS) is 23.4. The molecule has 2 unspecified atom stereocenters. The number of anilines is 2. The molecule has 3 aliphatic heterocycles. The zero-order valence-electron chi connectivity index (χ0n) is 21.2. The minimum absolute atomic E-state index is 0.00559. The molecule has 0 saturated carbocycles. The van der Waals surface area contributed by atoms with Crippen LogP contribution in [0.15, 0.2) is 22.8 Å². The monoisotopic (exact) mass is 576 g/mol. The van der Waals surface area contributed by atoms with Crippen LogP contribution in [0.2, 0.25) is 0 Å². The minimum atomic E-state index is -4.37. The highest BCUT2D eigenvalue weighted by atomic mass is 32.1. The lowest BCUT2D eigenvalue weighted by molar-refractivity contribution is -0.146. The zero-order chi connectivity index (χ0) is 28.8. The molecule has 210 valence electrons. The molecule has 5 rings (SSSR count). The van der Waals surface area contributed by atoms with E-state index in [1.54, 1.807) is 18.4 Å². The molecule has 0 bridgehead atoms. The van der Waals surface area contributed by atoms with Gasteiger partial charge in [0.1, 0.15) is 29.5 Å². The summed E-state index contributed by atoms with van der Waals surface area (Å²) in [6.45, 7) is 1.36. The number of carbonyl (C=O) groups is 3. The van der Waals surface area contributed by atoms with Crippen LogP contribution in [0, 0.1) is 11.3 Å². The van der Waals surface area contributed by atoms with Crippen molar-refractivity contribution >= 4 is 47.3 Å². The Kier molecular flexibility index (Phi) is 7.04. The largest absolute Gasteiger partial charge is 0.408 e. The van der Waals surface area contributed by atoms with E-state index >= 15 is 0 Å². The average molecular weight is 577 g/mol. The summed E-state index contributed by atoms with van der Waals surface area (Å²) in [6, 6.07) is -2.31. The summed E-state index contributed by atoms with van der Waals surface area (Å²) in [5.74, 6) is -0.909. The van der Waals surface area contributed by atoms with E-state index in [1.165, 1.54) is 46.9 Å². The second-order valence-corrected chi connectivity index (χ2v) is 10.3. The predicted octanol–water partition coefficient (Wildman–Crippen LogP) is 1.91. The van der Waals surface area contributed by atoms with Crippen molar-refractivity contribution in [3.63, 3.8) is 0 Å². The molecule has 3 aliphatic rings. The molecule has 2 saturated heterocycles. The highest BCUT2D eigenvalue weighted by molar-refractivity contribution is 7.13. The van der Waals surface area contributed by atoms with Gasteiger partial charge in [-0.25, -0.2) is 29.6 Å². The van der Waals surface area contributed by atoms with E-state index in [9.17, 15) is 27.6 Å². The second kappa shape index (κ2) is 10.3. The SMILES string of the molecule is C[C@@H](C(=O)Nc1csc(-c2cnc(N3CCC[C@@H]3C(F)(F)F)nc2)n1)N1C=NC2C1C(=O)N(CC#N)C(=O)N2C. The number of amides is 4. The predicted molar refractivity (Wildman–Crippen MR) is 136 cm³/mol. The van der Waals surface area contributed by atoms with Crippen LogP contribution >= 0.6 is 11.3 Å². The van der Waals surface area contributed by atoms with Gasteiger partial charge in [-0.1, -0.05) is 0 Å². The van der Waals surface area contributed by atoms with E-state index in [-0.39, 0.29) is 24.7 Å². The van der Waals surface area contributed by atoms with E-state index in [0.29, 0.717) is 17.0 Å². The number of urea groups is 1. The third kappa shape index (κ3) is 4.78. The molecule has 0 radical (unpaired) electrons. The number of hydrogen-bond acceptors (Lipinski definition) is 11. The number of alkyl halides is 3. The van der Waals surface area contributed by atoms with Crippen LogP contribution in [0.3, 0.4) is 0 Å². The number of aliphatic imine (C=N–C) groups is 1. The fourth-order valence-electron chi connectivity index (χ4n) is 4.89. The molecule has 0 spiro atoms. The number of thiazole rings is 1. The summed E-state index contributed by atoms with van der Waals surface area (Å²) in [5, 5.41) is 13.7. The van der Waals surface area contributed by atoms with Crippen molar-refractivity contribution in [2.24, 2.45) is 4.99 Å². The van der Waals surface area contributed by atoms with Crippen molar-refractivity contribution in [1.29, 1.82) is 5.26 Å². The van der Waals surface area contributed by atoms with Crippen molar-refractivity contribution < 1.29 is 27.6 Å². The van der Waals surface area contributed by atoms with E-state index in [1.807, 2.05) is 0 Å². The molecule has 2 fully saturated rings. The van der Waals surface area contributed by atoms with Crippen LogP contribution in [-0.4, -0.2) is 104 Å². The van der Waals surface area contributed by atoms with Gasteiger partial charge in [-0.2, -0.15) is 18.4 Å². The van der Waals surface area contributed by atoms with Gasteiger partial charge in [0, 0.05) is 36.9 Å². The Morgan fingerprint density at radius 3 is 2.70 bits per heavy atom. The molecule has 1 N–H and O–H groups in total. The number of fused-ring (bicyclic) bond motifs is 1. The fourth-order valence-corrected chi connectivity index (χ4v) is 5.62. The molecule has 2 aromatic rings. The number of nitriles is 1. The molecule has 4 atom stereocenters. The molecule has 5 heterocycles. The first kappa shape index (κ1) is 27.2. The maximum Gasteiger partial charge on any atom is 0.408 e. The Bertz CT molecular complexity index is 1390. The molecular weight excluding hydrogens is 553 g/mol. The zero-order valence-corrected chi connectivity index (χ0v) is 22.1. The van der Waals surface area contributed by atoms with Gasteiger partial charge < -0.3 is 20.0 Å². The van der Waals surface area contributed by atoms with Gasteiger partial charge >= 0.3 is 12.2 Å². The topological polar surface area (TPSA) is 151 Å². The number of aromatic nitrogens is 3. The Morgan fingerprint density at radius 2 is 2.02 bits per heavy atom. The van der Waals surface area contributed by atoms with Gasteiger partial charge in [0.05, 0.1) is 12.4 Å². The molecule has 2 aromatic heterocycles. The van der Waals surface area contributed by atoms with Crippen LogP contribution in [0.4, 0.5) is 29.7 Å². The van der Waals surface area contributed by atoms with Crippen LogP contribution in [0.1, 0.15) is 19.8 Å². The van der Waals surface area contributed by atoms with Gasteiger partial charge in [0.2, 0.25) is 11.9 Å². The summed E-state index contributed by atoms with van der Waals surface area (Å²) in [5.41, 5.74) is 0.470. The molecule has 4 amide bonds. The maximum absolute atomic E-state index is 13.3. The smallest absolute Gasteiger partial charge is 0.335 e. The summed E-state index contributed by atoms with van der Waals surface area (Å²) in [6.07, 6.45) is -0.683. The Labute approximate surface area is 229 Å². The van der Waals surface area contributed by atoms with Crippen molar-refractivity contribution in [3.05, 3.63) is 17.8 Å². The number of nitrogens with zero attached hydrogens (tertiary/aromatic N) is 9. The molecule has 13 nitrogen and oxygen atoms in total. The third-order valence-corrected chi connectivity index (χ3v) is 7.88. The Hall–Kier alpha value is -4.33. The lowest BCUT2D eigenvalue weighted by Crippen LogP contribution is -2.66. The number of imide groups is 1. The van der Waals surface area contributed by atoms with Crippen LogP contribution in [-0.2, 0) is 9.59 Å². The molecule has 0 aliphatic carbocycles. The lowest BCUT2D eigenvalue weighted by atomic mass is 10.1. The summed E-state index contributed by atoms with van der Waals surface area (Å²) in [4.78, 5) is 59.9. The van der Waals surface area contributed by atoms with Gasteiger partial charge in [0.15, 0.2) is 12.2 Å². The maximum atomic E-state index is 13.3. The second-order valence-electron chi connectivity index (χ2n) is 9.41. The van der Waals surface area contributed by atoms with E-state index in [2.05, 4.69) is 25.3 Å². The average Bonchev–Trinajstić information content (AvgIpc) is 3.69. The third-order valence-electron chi connectivity index (χ3n) is 6.99. The first-order chi connectivity index (χ1) is 19.0. The quantitative estimate of drug-likeness (QED) is 0.509. The summed E-state index contributed by atoms with van der Waals surface area (Å²) < 4.78 is 39.9. The summed E-state index contributed by atoms with van der Waals surface area (Å²) in [7, 11) is 1.47. The standard InChI is InChI=1S/C23H23F3N10O3S/c1-12(36-11-30-17-16(36)20(38)35(7-5-27)22(39)33(17)2)18(37)31-15-10-40-19(32-15)13-8-28-21(29-9-13)34-6-3-4-14(34)23(24,25)26/h8-12,14,16-17H,3-4,6-7H2,1-2H3,(H,31,37)/t12-,14+,16?,17?/m0/s1. The van der Waals surface area contributed by atoms with E-state index in [4.69, 9.17) is 5.26 Å². The van der Waals surface area contributed by atoms with Gasteiger partial charge in [-0.05, 0) is 19.8 Å². The van der Waals surface area contributed by atoms with Crippen LogP contribution in [0.5, 0.6) is 0 Å². The van der Waals surface area contributed by atoms with Gasteiger partial charge in [-0.3, -0.25) is 9.59 Å². The Morgan fingerprint density at radius 1 is 1.30 bits per heavy atom. The first-order valence-electron chi connectivity index (χ1n) is 12.2. The molecular formula is C23H23F3N10O3S. The van der Waals surface area contributed by atoms with E-state index < -0.39 is 54.9 Å². The van der Waals surface area contributed by atoms with Gasteiger partial charge in [-0.15, -0.1) is 11.3 Å². The van der Waals surface area contributed by atoms with Crippen molar-refractivity contribution in [2.75, 3.05) is 30.4 Å². The van der Waals surface area contributed by atoms with Gasteiger partial charge in [0.25, 0.3) is 5.91 Å².